The molecule has 0 aliphatic rings. The van der Waals surface area contributed by atoms with Crippen molar-refractivity contribution >= 4 is 27.4 Å². The maximum atomic E-state index is 11.8. The van der Waals surface area contributed by atoms with Crippen LogP contribution in [0.4, 0.5) is 5.69 Å². The van der Waals surface area contributed by atoms with Crippen molar-refractivity contribution in [3.05, 3.63) is 59.2 Å². The topological polar surface area (TPSA) is 99.7 Å². The normalized spacial score (nSPS) is 11.8. The first-order valence-corrected chi connectivity index (χ1v) is 11.8. The molecule has 0 radical (unpaired) electrons. The van der Waals surface area contributed by atoms with Crippen LogP contribution in [0.15, 0.2) is 52.4 Å². The second-order valence-electron chi connectivity index (χ2n) is 7.12. The number of carbonyl (C=O) groups is 1. The predicted octanol–water partition coefficient (Wildman–Crippen LogP) is 2.65. The zero-order chi connectivity index (χ0) is 22.1. The summed E-state index contributed by atoms with van der Waals surface area (Å²) in [7, 11) is -3.22. The fourth-order valence-electron chi connectivity index (χ4n) is 3.02. The van der Waals surface area contributed by atoms with Crippen molar-refractivity contribution in [1.29, 1.82) is 0 Å². The lowest BCUT2D eigenvalue weighted by molar-refractivity contribution is -0.114. The van der Waals surface area contributed by atoms with E-state index in [0.717, 1.165) is 35.3 Å². The first-order chi connectivity index (χ1) is 14.2. The summed E-state index contributed by atoms with van der Waals surface area (Å²) in [6.45, 7) is 7.18. The zero-order valence-electron chi connectivity index (χ0n) is 18.0. The van der Waals surface area contributed by atoms with Crippen molar-refractivity contribution < 1.29 is 13.2 Å². The van der Waals surface area contributed by atoms with Crippen LogP contribution in [0, 0.1) is 6.92 Å². The molecule has 7 nitrogen and oxygen atoms in total. The molecule has 30 heavy (non-hydrogen) atoms. The number of aliphatic imine (C=N–C) groups is 1. The van der Waals surface area contributed by atoms with E-state index in [4.69, 9.17) is 0 Å². The molecule has 0 atom stereocenters. The lowest BCUT2D eigenvalue weighted by Crippen LogP contribution is -2.38. The Hall–Kier alpha value is -2.87. The minimum Gasteiger partial charge on any atom is -0.357 e. The highest BCUT2D eigenvalue weighted by Crippen LogP contribution is 2.17. The van der Waals surface area contributed by atoms with Gasteiger partial charge in [-0.2, -0.15) is 0 Å². The fourth-order valence-corrected chi connectivity index (χ4v) is 3.98. The van der Waals surface area contributed by atoms with Crippen LogP contribution in [0.3, 0.4) is 0 Å². The van der Waals surface area contributed by atoms with E-state index < -0.39 is 9.84 Å². The number of benzene rings is 2. The number of amides is 1. The van der Waals surface area contributed by atoms with Crippen LogP contribution in [0.25, 0.3) is 0 Å². The molecule has 0 heterocycles. The van der Waals surface area contributed by atoms with Gasteiger partial charge in [-0.15, -0.1) is 0 Å². The molecule has 162 valence electrons. The van der Waals surface area contributed by atoms with Gasteiger partial charge in [0.15, 0.2) is 15.8 Å². The second kappa shape index (κ2) is 10.8. The summed E-state index contributed by atoms with van der Waals surface area (Å²) in [4.78, 5) is 16.0. The molecule has 0 aliphatic carbocycles. The Labute approximate surface area is 178 Å². The Bertz CT molecular complexity index is 1000. The van der Waals surface area contributed by atoms with E-state index in [0.29, 0.717) is 23.9 Å². The van der Waals surface area contributed by atoms with Crippen LogP contribution in [0.2, 0.25) is 0 Å². The first kappa shape index (κ1) is 23.4. The summed E-state index contributed by atoms with van der Waals surface area (Å²) >= 11 is 0. The highest BCUT2D eigenvalue weighted by Gasteiger charge is 2.10. The van der Waals surface area contributed by atoms with E-state index in [1.54, 1.807) is 19.1 Å². The van der Waals surface area contributed by atoms with Crippen molar-refractivity contribution in [2.45, 2.75) is 38.6 Å². The molecule has 0 aromatic heterocycles. The van der Waals surface area contributed by atoms with Gasteiger partial charge in [-0.1, -0.05) is 24.3 Å². The van der Waals surface area contributed by atoms with E-state index in [2.05, 4.69) is 20.9 Å². The fraction of sp³-hybridized carbons (Fsp3) is 0.364. The van der Waals surface area contributed by atoms with Crippen molar-refractivity contribution in [2.75, 3.05) is 24.7 Å². The van der Waals surface area contributed by atoms with Gasteiger partial charge in [-0.25, -0.2) is 13.4 Å². The number of guanidine groups is 1. The Kier molecular flexibility index (Phi) is 8.41. The van der Waals surface area contributed by atoms with Gasteiger partial charge in [0.1, 0.15) is 0 Å². The SMILES string of the molecule is CCNC(=NCc1ccc(S(C)(=O)=O)c(C)c1)NCCc1ccc(NC(C)=O)cc1. The number of hydrogen-bond acceptors (Lipinski definition) is 4. The second-order valence-corrected chi connectivity index (χ2v) is 9.11. The number of nitrogens with one attached hydrogen (secondary N) is 3. The lowest BCUT2D eigenvalue weighted by atomic mass is 10.1. The minimum atomic E-state index is -3.22. The van der Waals surface area contributed by atoms with Crippen LogP contribution in [-0.2, 0) is 27.6 Å². The van der Waals surface area contributed by atoms with E-state index in [-0.39, 0.29) is 5.91 Å². The highest BCUT2D eigenvalue weighted by molar-refractivity contribution is 7.90. The number of carbonyl (C=O) groups excluding carboxylic acids is 1. The van der Waals surface area contributed by atoms with Crippen LogP contribution in [0.1, 0.15) is 30.5 Å². The van der Waals surface area contributed by atoms with Gasteiger partial charge in [-0.3, -0.25) is 4.79 Å². The van der Waals surface area contributed by atoms with Crippen LogP contribution < -0.4 is 16.0 Å². The third-order valence-corrected chi connectivity index (χ3v) is 5.64. The molecule has 0 saturated carbocycles. The summed E-state index contributed by atoms with van der Waals surface area (Å²) in [6, 6.07) is 13.1. The predicted molar refractivity (Wildman–Crippen MR) is 122 cm³/mol. The Morgan fingerprint density at radius 2 is 1.70 bits per heavy atom. The smallest absolute Gasteiger partial charge is 0.221 e. The molecular weight excluding hydrogens is 400 g/mol. The van der Waals surface area contributed by atoms with E-state index in [1.165, 1.54) is 13.2 Å². The average Bonchev–Trinajstić information content (AvgIpc) is 2.66. The number of nitrogens with zero attached hydrogens (tertiary/aromatic N) is 1. The third-order valence-electron chi connectivity index (χ3n) is 4.38. The van der Waals surface area contributed by atoms with Crippen molar-refractivity contribution in [3.8, 4) is 0 Å². The Balaban J connectivity index is 1.94. The Morgan fingerprint density at radius 3 is 2.27 bits per heavy atom. The molecule has 0 bridgehead atoms. The summed E-state index contributed by atoms with van der Waals surface area (Å²) in [5.41, 5.74) is 3.61. The van der Waals surface area contributed by atoms with Crippen molar-refractivity contribution in [1.82, 2.24) is 10.6 Å². The summed E-state index contributed by atoms with van der Waals surface area (Å²) in [5, 5.41) is 9.28. The molecule has 1 amide bonds. The van der Waals surface area contributed by atoms with Gasteiger partial charge in [-0.05, 0) is 55.2 Å². The molecule has 3 N–H and O–H groups in total. The van der Waals surface area contributed by atoms with Crippen LogP contribution in [-0.4, -0.2) is 39.6 Å². The molecule has 2 rings (SSSR count). The highest BCUT2D eigenvalue weighted by atomic mass is 32.2. The molecule has 0 aliphatic heterocycles. The number of hydrogen-bond donors (Lipinski definition) is 3. The van der Waals surface area contributed by atoms with Gasteiger partial charge in [0.25, 0.3) is 0 Å². The third kappa shape index (κ3) is 7.51. The van der Waals surface area contributed by atoms with E-state index in [9.17, 15) is 13.2 Å². The van der Waals surface area contributed by atoms with Gasteiger partial charge < -0.3 is 16.0 Å². The number of rotatable bonds is 8. The van der Waals surface area contributed by atoms with Gasteiger partial charge >= 0.3 is 0 Å². The molecule has 0 unspecified atom stereocenters. The molecule has 0 fully saturated rings. The quantitative estimate of drug-likeness (QED) is 0.442. The lowest BCUT2D eigenvalue weighted by Gasteiger charge is -2.12. The summed E-state index contributed by atoms with van der Waals surface area (Å²) in [5.74, 6) is 0.620. The number of aryl methyl sites for hydroxylation is 1. The molecule has 0 saturated heterocycles. The van der Waals surface area contributed by atoms with E-state index in [1.807, 2.05) is 37.3 Å². The minimum absolute atomic E-state index is 0.0861. The van der Waals surface area contributed by atoms with Crippen molar-refractivity contribution in [2.24, 2.45) is 4.99 Å². The van der Waals surface area contributed by atoms with Gasteiger partial charge in [0.2, 0.25) is 5.91 Å². The molecule has 2 aromatic carbocycles. The monoisotopic (exact) mass is 430 g/mol. The number of sulfone groups is 1. The zero-order valence-corrected chi connectivity index (χ0v) is 18.8. The molecule has 8 heteroatoms. The standard InChI is InChI=1S/C22H30N4O3S/c1-5-23-22(24-13-12-18-6-9-20(10-7-18)26-17(3)27)25-15-19-8-11-21(16(2)14-19)30(4,28)29/h6-11,14H,5,12-13,15H2,1-4H3,(H,26,27)(H2,23,24,25). The van der Waals surface area contributed by atoms with Gasteiger partial charge in [0.05, 0.1) is 11.4 Å². The first-order valence-electron chi connectivity index (χ1n) is 9.87. The summed E-state index contributed by atoms with van der Waals surface area (Å²) < 4.78 is 23.5. The average molecular weight is 431 g/mol. The molecular formula is C22H30N4O3S. The molecule has 2 aromatic rings. The van der Waals surface area contributed by atoms with Crippen LogP contribution in [0.5, 0.6) is 0 Å². The van der Waals surface area contributed by atoms with Crippen molar-refractivity contribution in [3.63, 3.8) is 0 Å². The van der Waals surface area contributed by atoms with Crippen LogP contribution >= 0.6 is 0 Å². The maximum absolute atomic E-state index is 11.8. The van der Waals surface area contributed by atoms with Gasteiger partial charge in [0, 0.05) is 32.0 Å². The Morgan fingerprint density at radius 1 is 1.03 bits per heavy atom. The summed E-state index contributed by atoms with van der Waals surface area (Å²) in [6.07, 6.45) is 2.03. The van der Waals surface area contributed by atoms with E-state index >= 15 is 0 Å². The largest absolute Gasteiger partial charge is 0.357 e. The number of anilines is 1. The molecule has 0 spiro atoms. The maximum Gasteiger partial charge on any atom is 0.221 e.